The number of anilines is 4. The molecule has 7 heteroatoms. The van der Waals surface area contributed by atoms with Crippen LogP contribution in [0.5, 0.6) is 0 Å². The number of amides is 1. The molecule has 2 saturated heterocycles. The fourth-order valence-corrected chi connectivity index (χ4v) is 3.69. The molecule has 0 atom stereocenters. The van der Waals surface area contributed by atoms with Crippen LogP contribution in [0.4, 0.5) is 23.1 Å². The summed E-state index contributed by atoms with van der Waals surface area (Å²) in [6, 6.07) is 9.69. The Bertz CT molecular complexity index is 812. The molecule has 148 valence electrons. The first kappa shape index (κ1) is 18.7. The summed E-state index contributed by atoms with van der Waals surface area (Å²) < 4.78 is 5.32. The van der Waals surface area contributed by atoms with Gasteiger partial charge in [0.15, 0.2) is 0 Å². The smallest absolute Gasteiger partial charge is 0.229 e. The molecule has 0 unspecified atom stereocenters. The Hall–Kier alpha value is -2.67. The number of hydrogen-bond acceptors (Lipinski definition) is 6. The summed E-state index contributed by atoms with van der Waals surface area (Å²) in [5.74, 6) is 1.69. The van der Waals surface area contributed by atoms with E-state index in [1.165, 1.54) is 12.8 Å². The predicted molar refractivity (Wildman–Crippen MR) is 110 cm³/mol. The van der Waals surface area contributed by atoms with Crippen molar-refractivity contribution in [3.05, 3.63) is 36.0 Å². The second-order valence-electron chi connectivity index (χ2n) is 7.46. The average molecular weight is 381 g/mol. The lowest BCUT2D eigenvalue weighted by Crippen LogP contribution is -2.28. The number of nitrogens with zero attached hydrogens (tertiary/aromatic N) is 3. The first-order valence-electron chi connectivity index (χ1n) is 10.0. The fourth-order valence-electron chi connectivity index (χ4n) is 3.69. The largest absolute Gasteiger partial charge is 0.381 e. The Morgan fingerprint density at radius 3 is 2.46 bits per heavy atom. The highest BCUT2D eigenvalue weighted by atomic mass is 16.5. The van der Waals surface area contributed by atoms with Gasteiger partial charge in [-0.2, -0.15) is 4.98 Å². The van der Waals surface area contributed by atoms with Crippen LogP contribution in [0.15, 0.2) is 30.3 Å². The van der Waals surface area contributed by atoms with Crippen LogP contribution in [0, 0.1) is 12.8 Å². The quantitative estimate of drug-likeness (QED) is 0.825. The molecule has 7 nitrogen and oxygen atoms in total. The summed E-state index contributed by atoms with van der Waals surface area (Å²) in [4.78, 5) is 23.8. The van der Waals surface area contributed by atoms with E-state index in [1.807, 2.05) is 37.3 Å². The summed E-state index contributed by atoms with van der Waals surface area (Å²) in [6.45, 7) is 5.42. The van der Waals surface area contributed by atoms with Crippen LogP contribution in [0.3, 0.4) is 0 Å². The highest BCUT2D eigenvalue weighted by Gasteiger charge is 2.21. The molecule has 0 spiro atoms. The Labute approximate surface area is 165 Å². The third-order valence-electron chi connectivity index (χ3n) is 5.27. The lowest BCUT2D eigenvalue weighted by molar-refractivity contribution is -0.122. The van der Waals surface area contributed by atoms with Crippen molar-refractivity contribution in [3.63, 3.8) is 0 Å². The molecule has 3 heterocycles. The minimum atomic E-state index is 0.0382. The number of ether oxygens (including phenoxy) is 1. The third kappa shape index (κ3) is 4.59. The van der Waals surface area contributed by atoms with Crippen molar-refractivity contribution in [2.45, 2.75) is 32.6 Å². The van der Waals surface area contributed by atoms with Crippen molar-refractivity contribution in [2.24, 2.45) is 5.92 Å². The van der Waals surface area contributed by atoms with Crippen molar-refractivity contribution >= 4 is 29.0 Å². The predicted octanol–water partition coefficient (Wildman–Crippen LogP) is 3.49. The maximum atomic E-state index is 12.3. The van der Waals surface area contributed by atoms with Gasteiger partial charge in [0.05, 0.1) is 0 Å². The van der Waals surface area contributed by atoms with E-state index in [2.05, 4.69) is 25.5 Å². The second-order valence-corrected chi connectivity index (χ2v) is 7.46. The average Bonchev–Trinajstić information content (AvgIpc) is 3.25. The Kier molecular flexibility index (Phi) is 5.71. The summed E-state index contributed by atoms with van der Waals surface area (Å²) in [7, 11) is 0. The standard InChI is InChI=1S/C21H27N5O2/c1-15-14-19(26-10-2-3-11-26)25-21(22-15)24-18-6-4-17(5-7-18)23-20(27)16-8-12-28-13-9-16/h4-7,14,16H,2-3,8-13H2,1H3,(H,23,27)(H,22,24,25). The van der Waals surface area contributed by atoms with Gasteiger partial charge in [0.1, 0.15) is 5.82 Å². The Balaban J connectivity index is 1.39. The Morgan fingerprint density at radius 2 is 1.75 bits per heavy atom. The molecule has 1 aromatic heterocycles. The highest BCUT2D eigenvalue weighted by molar-refractivity contribution is 5.92. The van der Waals surface area contributed by atoms with Gasteiger partial charge in [0.25, 0.3) is 0 Å². The molecule has 0 aliphatic carbocycles. The van der Waals surface area contributed by atoms with Crippen LogP contribution in [0.1, 0.15) is 31.4 Å². The lowest BCUT2D eigenvalue weighted by atomic mass is 9.99. The van der Waals surface area contributed by atoms with Crippen LogP contribution in [0.2, 0.25) is 0 Å². The van der Waals surface area contributed by atoms with Crippen LogP contribution in [-0.2, 0) is 9.53 Å². The molecule has 28 heavy (non-hydrogen) atoms. The zero-order valence-electron chi connectivity index (χ0n) is 16.3. The van der Waals surface area contributed by atoms with Crippen molar-refractivity contribution in [1.82, 2.24) is 9.97 Å². The van der Waals surface area contributed by atoms with Gasteiger partial charge in [-0.25, -0.2) is 4.98 Å². The van der Waals surface area contributed by atoms with Crippen molar-refractivity contribution in [2.75, 3.05) is 41.8 Å². The minimum absolute atomic E-state index is 0.0382. The van der Waals surface area contributed by atoms with Crippen LogP contribution in [0.25, 0.3) is 0 Å². The zero-order chi connectivity index (χ0) is 19.3. The second kappa shape index (κ2) is 8.56. The molecule has 2 aromatic rings. The van der Waals surface area contributed by atoms with E-state index in [0.29, 0.717) is 19.2 Å². The lowest BCUT2D eigenvalue weighted by Gasteiger charge is -2.21. The van der Waals surface area contributed by atoms with E-state index >= 15 is 0 Å². The van der Waals surface area contributed by atoms with Crippen molar-refractivity contribution in [1.29, 1.82) is 0 Å². The van der Waals surface area contributed by atoms with Gasteiger partial charge in [0, 0.05) is 55.4 Å². The van der Waals surface area contributed by atoms with Gasteiger partial charge in [-0.3, -0.25) is 4.79 Å². The number of nitrogens with one attached hydrogen (secondary N) is 2. The van der Waals surface area contributed by atoms with E-state index < -0.39 is 0 Å². The minimum Gasteiger partial charge on any atom is -0.381 e. The molecule has 2 N–H and O–H groups in total. The van der Waals surface area contributed by atoms with E-state index in [4.69, 9.17) is 4.74 Å². The van der Waals surface area contributed by atoms with Crippen molar-refractivity contribution < 1.29 is 9.53 Å². The molecule has 2 aliphatic heterocycles. The van der Waals surface area contributed by atoms with Gasteiger partial charge in [-0.05, 0) is 56.9 Å². The maximum Gasteiger partial charge on any atom is 0.229 e. The summed E-state index contributed by atoms with van der Waals surface area (Å²) in [5, 5.41) is 6.27. The van der Waals surface area contributed by atoms with Crippen LogP contribution < -0.4 is 15.5 Å². The fraction of sp³-hybridized carbons (Fsp3) is 0.476. The third-order valence-corrected chi connectivity index (χ3v) is 5.27. The van der Waals surface area contributed by atoms with Gasteiger partial charge >= 0.3 is 0 Å². The monoisotopic (exact) mass is 381 g/mol. The normalized spacial score (nSPS) is 17.5. The van der Waals surface area contributed by atoms with Crippen LogP contribution in [-0.4, -0.2) is 42.2 Å². The molecule has 0 saturated carbocycles. The SMILES string of the molecule is Cc1cc(N2CCCC2)nc(Nc2ccc(NC(=O)C3CCOCC3)cc2)n1. The number of aromatic nitrogens is 2. The number of carbonyl (C=O) groups is 1. The molecular weight excluding hydrogens is 354 g/mol. The number of aryl methyl sites for hydroxylation is 1. The summed E-state index contributed by atoms with van der Waals surface area (Å²) in [5.41, 5.74) is 2.63. The highest BCUT2D eigenvalue weighted by Crippen LogP contribution is 2.23. The van der Waals surface area contributed by atoms with Gasteiger partial charge < -0.3 is 20.3 Å². The number of rotatable bonds is 5. The molecule has 0 radical (unpaired) electrons. The molecular formula is C21H27N5O2. The number of benzene rings is 1. The molecule has 2 fully saturated rings. The number of hydrogen-bond donors (Lipinski definition) is 2. The van der Waals surface area contributed by atoms with Gasteiger partial charge in [-0.15, -0.1) is 0 Å². The van der Waals surface area contributed by atoms with E-state index in [-0.39, 0.29) is 11.8 Å². The molecule has 4 rings (SSSR count). The van der Waals surface area contributed by atoms with Gasteiger partial charge in [0.2, 0.25) is 11.9 Å². The molecule has 0 bridgehead atoms. The summed E-state index contributed by atoms with van der Waals surface area (Å²) in [6.07, 6.45) is 4.00. The van der Waals surface area contributed by atoms with Gasteiger partial charge in [-0.1, -0.05) is 0 Å². The number of carbonyl (C=O) groups excluding carboxylic acids is 1. The Morgan fingerprint density at radius 1 is 1.07 bits per heavy atom. The van der Waals surface area contributed by atoms with E-state index in [0.717, 1.165) is 48.8 Å². The molecule has 1 aromatic carbocycles. The summed E-state index contributed by atoms with van der Waals surface area (Å²) >= 11 is 0. The van der Waals surface area contributed by atoms with Crippen molar-refractivity contribution in [3.8, 4) is 0 Å². The van der Waals surface area contributed by atoms with E-state index in [1.54, 1.807) is 0 Å². The van der Waals surface area contributed by atoms with Crippen LogP contribution >= 0.6 is 0 Å². The van der Waals surface area contributed by atoms with E-state index in [9.17, 15) is 4.79 Å². The first-order chi connectivity index (χ1) is 13.7. The maximum absolute atomic E-state index is 12.3. The molecule has 2 aliphatic rings. The topological polar surface area (TPSA) is 79.4 Å². The zero-order valence-corrected chi connectivity index (χ0v) is 16.3. The first-order valence-corrected chi connectivity index (χ1v) is 10.0. The molecule has 1 amide bonds.